The van der Waals surface area contributed by atoms with Gasteiger partial charge >= 0.3 is 21.1 Å². The van der Waals surface area contributed by atoms with E-state index in [1.54, 1.807) is 0 Å². The topological polar surface area (TPSA) is 172 Å². The van der Waals surface area contributed by atoms with Crippen LogP contribution in [0.5, 0.6) is 0 Å². The fourth-order valence-corrected chi connectivity index (χ4v) is 20.7. The number of benzene rings is 15. The maximum atomic E-state index is 6.32. The second-order valence-electron chi connectivity index (χ2n) is 42.6. The summed E-state index contributed by atoms with van der Waals surface area (Å²) in [5.74, 6) is 3.91. The predicted molar refractivity (Wildman–Crippen MR) is 583 cm³/mol. The molecule has 3 aliphatic carbocycles. The fourth-order valence-electron chi connectivity index (χ4n) is 20.4. The highest BCUT2D eigenvalue weighted by molar-refractivity contribution is 7.11. The minimum Gasteiger partial charge on any atom is -0.456 e. The third-order valence-corrected chi connectivity index (χ3v) is 31.3. The average Bonchev–Trinajstić information content (AvgIpc) is 1.59. The molecule has 8 heterocycles. The molecule has 0 radical (unpaired) electrons. The highest BCUT2D eigenvalue weighted by Gasteiger charge is 2.64. The zero-order chi connectivity index (χ0) is 99.4. The number of nitrogens with zero attached hydrogens (tertiary/aromatic N) is 6. The summed E-state index contributed by atoms with van der Waals surface area (Å²) in [5, 5.41) is 8.50. The minimum atomic E-state index is -0.476. The molecule has 26 rings (SSSR count). The molecular formula is C123H109B3Cl2N6O9. The van der Waals surface area contributed by atoms with Crippen LogP contribution in [0.2, 0.25) is 10.0 Å². The van der Waals surface area contributed by atoms with Crippen molar-refractivity contribution in [2.24, 2.45) is 0 Å². The van der Waals surface area contributed by atoms with Gasteiger partial charge in [0.2, 0.25) is 0 Å². The lowest BCUT2D eigenvalue weighted by atomic mass is 9.49. The Morgan fingerprint density at radius 2 is 0.448 bits per heavy atom. The van der Waals surface area contributed by atoms with Gasteiger partial charge in [0.05, 0.1) is 33.6 Å². The van der Waals surface area contributed by atoms with Crippen LogP contribution in [0.4, 0.5) is 0 Å². The van der Waals surface area contributed by atoms with E-state index in [0.717, 1.165) is 88.3 Å². The van der Waals surface area contributed by atoms with Crippen LogP contribution in [-0.4, -0.2) is 84.6 Å². The summed E-state index contributed by atoms with van der Waals surface area (Å²) in [6.45, 7) is 38.3. The largest absolute Gasteiger partial charge is 0.494 e. The summed E-state index contributed by atoms with van der Waals surface area (Å²) in [7, 11) is -1.30. The van der Waals surface area contributed by atoms with Gasteiger partial charge < -0.3 is 41.2 Å². The number of halogens is 2. The van der Waals surface area contributed by atoms with Gasteiger partial charge in [-0.2, -0.15) is 0 Å². The van der Waals surface area contributed by atoms with Crippen LogP contribution in [-0.2, 0) is 44.2 Å². The normalized spacial score (nSPS) is 17.0. The smallest absolute Gasteiger partial charge is 0.456 e. The number of fused-ring (bicyclic) bond motifs is 18. The summed E-state index contributed by atoms with van der Waals surface area (Å²) in [6, 6.07) is 114. The van der Waals surface area contributed by atoms with Crippen molar-refractivity contribution in [3.63, 3.8) is 0 Å². The lowest BCUT2D eigenvalue weighted by Crippen LogP contribution is -2.41. The van der Waals surface area contributed by atoms with Gasteiger partial charge in [-0.1, -0.05) is 301 Å². The van der Waals surface area contributed by atoms with Crippen molar-refractivity contribution in [3.05, 3.63) is 377 Å². The second-order valence-corrected chi connectivity index (χ2v) is 43.5. The quantitative estimate of drug-likeness (QED) is 0.125. The molecule has 3 aliphatic heterocycles. The van der Waals surface area contributed by atoms with Crippen molar-refractivity contribution < 1.29 is 41.2 Å². The average molecular weight is 1920 g/mol. The SMILES string of the molecule is CC1(C)OB(B2OC(C)(C)C(C)(C)O2)OC1(C)C.CC1(C)c2cc(-c3ccc(-c4nc(-c5ccccc5)nc(-c5ccccc5)n4)cc3)ccc2-c2cc3c(cc21)oc1ccccc13.CC1(C)c2cc(B3OC(C)(C)C(C)(C)O3)ccc2-c2cc3c(cc21)oc1ccccc13.CC1(C)c2cc(Cl)ccc2-c2cc3c(cc21)oc1ccccc13.Clc1ccc(-c2nc(-c3ccccc3)nc(-c3ccccc3)n2)cc1. The van der Waals surface area contributed by atoms with Gasteiger partial charge in [0.15, 0.2) is 34.9 Å². The number of rotatable bonds is 9. The molecule has 0 unspecified atom stereocenters. The fraction of sp³-hybridized carbons (Fsp3) is 0.220. The molecule has 5 aromatic heterocycles. The molecule has 0 N–H and O–H groups in total. The van der Waals surface area contributed by atoms with Crippen LogP contribution >= 0.6 is 23.2 Å². The molecule has 20 heteroatoms. The molecule has 708 valence electrons. The molecule has 20 aromatic rings. The lowest BCUT2D eigenvalue weighted by molar-refractivity contribution is 0.00578. The van der Waals surface area contributed by atoms with Crippen LogP contribution in [0.1, 0.15) is 158 Å². The van der Waals surface area contributed by atoms with E-state index in [0.29, 0.717) is 40.0 Å². The molecule has 0 saturated carbocycles. The number of para-hydroxylation sites is 3. The van der Waals surface area contributed by atoms with E-state index in [9.17, 15) is 0 Å². The van der Waals surface area contributed by atoms with E-state index in [-0.39, 0.29) is 57.0 Å². The molecule has 0 amide bonds. The van der Waals surface area contributed by atoms with E-state index in [2.05, 4.69) is 230 Å². The van der Waals surface area contributed by atoms with Crippen molar-refractivity contribution in [1.82, 2.24) is 29.9 Å². The third kappa shape index (κ3) is 17.0. The van der Waals surface area contributed by atoms with Crippen LogP contribution in [0.15, 0.2) is 347 Å². The molecular weight excluding hydrogens is 1810 g/mol. The molecule has 143 heavy (non-hydrogen) atoms. The first-order valence-corrected chi connectivity index (χ1v) is 49.7. The zero-order valence-corrected chi connectivity index (χ0v) is 85.1. The van der Waals surface area contributed by atoms with Crippen LogP contribution in [0.3, 0.4) is 0 Å². The van der Waals surface area contributed by atoms with E-state index in [1.165, 1.54) is 99.3 Å². The van der Waals surface area contributed by atoms with Crippen molar-refractivity contribution in [3.8, 4) is 113 Å². The minimum absolute atomic E-state index is 0.0667. The first-order valence-electron chi connectivity index (χ1n) is 49.0. The Hall–Kier alpha value is -13.7. The number of hydrogen-bond acceptors (Lipinski definition) is 15. The standard InChI is InChI=1S/C42H29N3O.C27H27BO3.C21H14ClN3.C21H15ClO.C12H24B2O4/c1-42(2)35-23-30(21-22-31(35)33-24-34-32-15-9-10-16-37(32)46-38(34)25-36(33)42)26-17-19-29(20-18-26)41-44-39(27-11-5-3-6-12-27)43-40(45-41)28-13-7-4-8-14-28;1-25(2)21-13-16(28-30-26(3,4)27(5,6)31-28)11-12-17(21)19-14-20-18-9-7-8-10-23(18)29-24(20)15-22(19)25;22-18-13-11-17(12-14-18)21-24-19(15-7-3-1-4-8-15)23-20(25-21)16-9-5-2-6-10-16;1-21(2)17-9-12(22)7-8-13(17)15-10-16-14-5-3-4-6-19(14)23-20(16)11-18(15)21;1-9(2)10(3,4)16-13(15-9)14-17-11(5,6)12(7,8)18-14/h3-25H,1-2H3;7-15H,1-6H3;1-14H;3-11H,1-2H3;1-8H3. The van der Waals surface area contributed by atoms with Gasteiger partial charge in [-0.05, 0) is 263 Å². The summed E-state index contributed by atoms with van der Waals surface area (Å²) in [5.41, 5.74) is 27.9. The highest BCUT2D eigenvalue weighted by Crippen LogP contribution is 2.56. The lowest BCUT2D eigenvalue weighted by Gasteiger charge is -2.32. The monoisotopic (exact) mass is 1920 g/mol. The Kier molecular flexibility index (Phi) is 23.3. The Labute approximate surface area is 845 Å². The zero-order valence-electron chi connectivity index (χ0n) is 83.6. The van der Waals surface area contributed by atoms with Gasteiger partial charge in [-0.3, -0.25) is 0 Å². The first kappa shape index (κ1) is 94.2. The van der Waals surface area contributed by atoms with Crippen molar-refractivity contribution in [2.75, 3.05) is 0 Å². The molecule has 15 nitrogen and oxygen atoms in total. The molecule has 6 aliphatic rings. The van der Waals surface area contributed by atoms with Gasteiger partial charge in [0.25, 0.3) is 0 Å². The van der Waals surface area contributed by atoms with E-state index in [4.69, 9.17) is 79.3 Å². The highest BCUT2D eigenvalue weighted by atomic mass is 35.5. The van der Waals surface area contributed by atoms with Crippen LogP contribution in [0, 0.1) is 0 Å². The molecule has 0 spiro atoms. The molecule has 0 atom stereocenters. The summed E-state index contributed by atoms with van der Waals surface area (Å²) >= 11 is 12.2. The van der Waals surface area contributed by atoms with Crippen molar-refractivity contribution in [2.45, 2.75) is 174 Å². The Bertz CT molecular complexity index is 8180. The number of furan rings is 3. The maximum absolute atomic E-state index is 6.32. The predicted octanol–water partition coefficient (Wildman–Crippen LogP) is 31.3. The van der Waals surface area contributed by atoms with Crippen molar-refractivity contribution >= 4 is 116 Å². The van der Waals surface area contributed by atoms with Gasteiger partial charge in [-0.25, -0.2) is 29.9 Å². The Morgan fingerprint density at radius 1 is 0.196 bits per heavy atom. The maximum Gasteiger partial charge on any atom is 0.494 e. The molecule has 3 saturated heterocycles. The Morgan fingerprint density at radius 3 is 0.790 bits per heavy atom. The number of hydrogen-bond donors (Lipinski definition) is 0. The number of aromatic nitrogens is 6. The van der Waals surface area contributed by atoms with Crippen molar-refractivity contribution in [1.29, 1.82) is 0 Å². The summed E-state index contributed by atoms with van der Waals surface area (Å²) < 4.78 is 55.0. The second kappa shape index (κ2) is 35.4. The first-order chi connectivity index (χ1) is 68.3. The molecule has 3 fully saturated rings. The Balaban J connectivity index is 0.000000106. The van der Waals surface area contributed by atoms with Crippen LogP contribution in [0.25, 0.3) is 179 Å². The van der Waals surface area contributed by atoms with Crippen LogP contribution < -0.4 is 5.46 Å². The summed E-state index contributed by atoms with van der Waals surface area (Å²) in [4.78, 5) is 28.6. The molecule has 0 bridgehead atoms. The van der Waals surface area contributed by atoms with Gasteiger partial charge in [0, 0.05) is 92.0 Å². The third-order valence-electron chi connectivity index (χ3n) is 30.8. The van der Waals surface area contributed by atoms with E-state index in [1.807, 2.05) is 243 Å². The van der Waals surface area contributed by atoms with Gasteiger partial charge in [0.1, 0.15) is 33.5 Å². The van der Waals surface area contributed by atoms with Gasteiger partial charge in [-0.15, -0.1) is 0 Å². The molecule has 15 aromatic carbocycles. The summed E-state index contributed by atoms with van der Waals surface area (Å²) in [6.07, 6.45) is 0. The van der Waals surface area contributed by atoms with E-state index >= 15 is 0 Å². The van der Waals surface area contributed by atoms with E-state index < -0.39 is 14.0 Å².